The molecular formula is C10H9N3O4. The fourth-order valence-electron chi connectivity index (χ4n) is 1.27. The van der Waals surface area contributed by atoms with Crippen LogP contribution in [0.25, 0.3) is 0 Å². The van der Waals surface area contributed by atoms with Crippen molar-refractivity contribution < 1.29 is 14.5 Å². The number of carbonyl (C=O) groups is 1. The Labute approximate surface area is 96.2 Å². The second-order valence-electron chi connectivity index (χ2n) is 3.33. The number of hydrogen-bond donors (Lipinski definition) is 2. The van der Waals surface area contributed by atoms with E-state index in [9.17, 15) is 14.9 Å². The van der Waals surface area contributed by atoms with E-state index in [4.69, 9.17) is 0 Å². The van der Waals surface area contributed by atoms with Gasteiger partial charge in [0.15, 0.2) is 0 Å². The number of anilines is 1. The Morgan fingerprint density at radius 1 is 1.24 bits per heavy atom. The molecule has 0 fully saturated rings. The van der Waals surface area contributed by atoms with Gasteiger partial charge in [0.2, 0.25) is 0 Å². The number of nitrogens with zero attached hydrogens (tertiary/aromatic N) is 1. The zero-order valence-electron chi connectivity index (χ0n) is 8.67. The zero-order chi connectivity index (χ0) is 12.3. The minimum Gasteiger partial charge on any atom is -0.456 e. The van der Waals surface area contributed by atoms with E-state index in [1.54, 1.807) is 12.1 Å². The molecule has 0 spiro atoms. The van der Waals surface area contributed by atoms with E-state index < -0.39 is 10.9 Å². The number of nitro groups is 1. The summed E-state index contributed by atoms with van der Waals surface area (Å²) >= 11 is 0. The number of esters is 1. The zero-order valence-corrected chi connectivity index (χ0v) is 8.67. The maximum absolute atomic E-state index is 10.7. The quantitative estimate of drug-likeness (QED) is 0.458. The summed E-state index contributed by atoms with van der Waals surface area (Å²) in [5.41, 5.74) is 6.85. The second kappa shape index (κ2) is 4.52. The van der Waals surface area contributed by atoms with Gasteiger partial charge in [-0.1, -0.05) is 0 Å². The molecule has 17 heavy (non-hydrogen) atoms. The largest absolute Gasteiger partial charge is 0.456 e. The van der Waals surface area contributed by atoms with E-state index in [1.807, 2.05) is 0 Å². The van der Waals surface area contributed by atoms with Crippen molar-refractivity contribution in [1.29, 1.82) is 0 Å². The summed E-state index contributed by atoms with van der Waals surface area (Å²) in [6, 6.07) is 5.88. The number of hydrazine groups is 1. The van der Waals surface area contributed by atoms with Crippen LogP contribution < -0.4 is 10.9 Å². The monoisotopic (exact) mass is 235 g/mol. The molecule has 0 saturated carbocycles. The minimum absolute atomic E-state index is 0.0224. The van der Waals surface area contributed by atoms with Gasteiger partial charge < -0.3 is 15.6 Å². The van der Waals surface area contributed by atoms with E-state index in [0.29, 0.717) is 11.4 Å². The molecule has 1 aromatic rings. The van der Waals surface area contributed by atoms with Crippen LogP contribution in [0.1, 0.15) is 0 Å². The van der Waals surface area contributed by atoms with Crippen LogP contribution in [0, 0.1) is 10.1 Å². The molecular weight excluding hydrogens is 226 g/mol. The van der Waals surface area contributed by atoms with Gasteiger partial charge in [0.1, 0.15) is 6.61 Å². The van der Waals surface area contributed by atoms with E-state index in [-0.39, 0.29) is 12.3 Å². The molecule has 1 aliphatic heterocycles. The van der Waals surface area contributed by atoms with E-state index in [0.717, 1.165) is 0 Å². The molecule has 0 atom stereocenters. The van der Waals surface area contributed by atoms with Crippen LogP contribution in [-0.2, 0) is 9.53 Å². The summed E-state index contributed by atoms with van der Waals surface area (Å²) < 4.78 is 4.68. The number of ether oxygens (including phenoxy) is 1. The molecule has 0 radical (unpaired) electrons. The average Bonchev–Trinajstić information content (AvgIpc) is 2.73. The van der Waals surface area contributed by atoms with E-state index in [1.165, 1.54) is 18.2 Å². The fraction of sp³-hybridized carbons (Fsp3) is 0.100. The number of rotatable bonds is 4. The van der Waals surface area contributed by atoms with Crippen molar-refractivity contribution in [2.75, 3.05) is 12.0 Å². The molecule has 7 nitrogen and oxygen atoms in total. The van der Waals surface area contributed by atoms with Crippen LogP contribution in [0.5, 0.6) is 0 Å². The number of hydrogen-bond acceptors (Lipinski definition) is 6. The Morgan fingerprint density at radius 2 is 1.94 bits per heavy atom. The average molecular weight is 235 g/mol. The van der Waals surface area contributed by atoms with Gasteiger partial charge in [-0.25, -0.2) is 4.79 Å². The number of benzene rings is 1. The summed E-state index contributed by atoms with van der Waals surface area (Å²) in [7, 11) is 0. The molecule has 2 N–H and O–H groups in total. The third-order valence-corrected chi connectivity index (χ3v) is 2.11. The van der Waals surface area contributed by atoms with Gasteiger partial charge >= 0.3 is 5.97 Å². The number of non-ortho nitro benzene ring substituents is 1. The normalized spacial score (nSPS) is 13.9. The summed E-state index contributed by atoms with van der Waals surface area (Å²) in [5.74, 6) is -0.391. The Hall–Kier alpha value is -2.57. The lowest BCUT2D eigenvalue weighted by molar-refractivity contribution is -0.384. The summed E-state index contributed by atoms with van der Waals surface area (Å²) in [6.07, 6.45) is 1.33. The molecule has 7 heteroatoms. The third kappa shape index (κ3) is 2.71. The minimum atomic E-state index is -0.469. The van der Waals surface area contributed by atoms with Gasteiger partial charge in [0, 0.05) is 18.2 Å². The first-order valence-corrected chi connectivity index (χ1v) is 4.79. The first-order valence-electron chi connectivity index (χ1n) is 4.79. The SMILES string of the molecule is O=C1C=C(NNc2ccc([N+](=O)[O-])cc2)CO1. The van der Waals surface area contributed by atoms with Gasteiger partial charge in [-0.15, -0.1) is 0 Å². The van der Waals surface area contributed by atoms with Crippen molar-refractivity contribution in [3.8, 4) is 0 Å². The van der Waals surface area contributed by atoms with Crippen molar-refractivity contribution in [2.24, 2.45) is 0 Å². The van der Waals surface area contributed by atoms with Gasteiger partial charge in [-0.2, -0.15) is 0 Å². The summed E-state index contributed by atoms with van der Waals surface area (Å²) in [5, 5.41) is 10.4. The van der Waals surface area contributed by atoms with E-state index >= 15 is 0 Å². The van der Waals surface area contributed by atoms with Crippen LogP contribution in [0.4, 0.5) is 11.4 Å². The number of cyclic esters (lactones) is 1. The molecule has 0 saturated heterocycles. The molecule has 0 unspecified atom stereocenters. The Bertz CT molecular complexity index is 481. The molecule has 0 aliphatic carbocycles. The van der Waals surface area contributed by atoms with Crippen LogP contribution in [0.3, 0.4) is 0 Å². The highest BCUT2D eigenvalue weighted by atomic mass is 16.6. The summed E-state index contributed by atoms with van der Waals surface area (Å²) in [4.78, 5) is 20.7. The first-order chi connectivity index (χ1) is 8.15. The predicted octanol–water partition coefficient (Wildman–Crippen LogP) is 0.952. The van der Waals surface area contributed by atoms with E-state index in [2.05, 4.69) is 15.6 Å². The molecule has 1 aromatic carbocycles. The lowest BCUT2D eigenvalue weighted by atomic mass is 10.3. The van der Waals surface area contributed by atoms with Crippen LogP contribution >= 0.6 is 0 Å². The number of nitrogens with one attached hydrogen (secondary N) is 2. The highest BCUT2D eigenvalue weighted by Crippen LogP contribution is 2.15. The highest BCUT2D eigenvalue weighted by molar-refractivity contribution is 5.85. The summed E-state index contributed by atoms with van der Waals surface area (Å²) in [6.45, 7) is 0.193. The van der Waals surface area contributed by atoms with Crippen LogP contribution in [0.2, 0.25) is 0 Å². The third-order valence-electron chi connectivity index (χ3n) is 2.11. The maximum Gasteiger partial charge on any atom is 0.333 e. The first kappa shape index (κ1) is 10.9. The van der Waals surface area contributed by atoms with Gasteiger partial charge in [0.05, 0.1) is 16.3 Å². The lowest BCUT2D eigenvalue weighted by Crippen LogP contribution is -2.21. The highest BCUT2D eigenvalue weighted by Gasteiger charge is 2.12. The van der Waals surface area contributed by atoms with Crippen molar-refractivity contribution in [1.82, 2.24) is 5.43 Å². The molecule has 88 valence electrons. The number of nitro benzene ring substituents is 1. The molecule has 1 heterocycles. The van der Waals surface area contributed by atoms with Crippen molar-refractivity contribution in [2.45, 2.75) is 0 Å². The van der Waals surface area contributed by atoms with Crippen LogP contribution in [-0.4, -0.2) is 17.5 Å². The van der Waals surface area contributed by atoms with Crippen molar-refractivity contribution >= 4 is 17.3 Å². The Morgan fingerprint density at radius 3 is 2.47 bits per heavy atom. The molecule has 1 aliphatic rings. The number of carbonyl (C=O) groups excluding carboxylic acids is 1. The van der Waals surface area contributed by atoms with Crippen LogP contribution in [0.15, 0.2) is 36.0 Å². The molecule has 0 amide bonds. The molecule has 2 rings (SSSR count). The van der Waals surface area contributed by atoms with Gasteiger partial charge in [-0.3, -0.25) is 10.1 Å². The predicted molar refractivity (Wildman–Crippen MR) is 58.9 cm³/mol. The molecule has 0 bridgehead atoms. The molecule has 0 aromatic heterocycles. The van der Waals surface area contributed by atoms with Crippen molar-refractivity contribution in [3.05, 3.63) is 46.2 Å². The lowest BCUT2D eigenvalue weighted by Gasteiger charge is -2.08. The van der Waals surface area contributed by atoms with Gasteiger partial charge in [-0.05, 0) is 12.1 Å². The Kier molecular flexibility index (Phi) is 2.91. The fourth-order valence-corrected chi connectivity index (χ4v) is 1.27. The smallest absolute Gasteiger partial charge is 0.333 e. The second-order valence-corrected chi connectivity index (χ2v) is 3.33. The van der Waals surface area contributed by atoms with Gasteiger partial charge in [0.25, 0.3) is 5.69 Å². The Balaban J connectivity index is 1.93. The van der Waals surface area contributed by atoms with Crippen molar-refractivity contribution in [3.63, 3.8) is 0 Å². The maximum atomic E-state index is 10.7. The topological polar surface area (TPSA) is 93.5 Å². The standard InChI is InChI=1S/C10H9N3O4/c14-10-5-8(6-17-10)12-11-7-1-3-9(4-2-7)13(15)16/h1-5,11-12H,6H2.